The van der Waals surface area contributed by atoms with E-state index in [-0.39, 0.29) is 23.5 Å². The number of rotatable bonds is 5. The Bertz CT molecular complexity index is 636. The molecule has 2 fully saturated rings. The average Bonchev–Trinajstić information content (AvgIpc) is 3.19. The molecule has 2 saturated heterocycles. The van der Waals surface area contributed by atoms with Crippen molar-refractivity contribution in [1.82, 2.24) is 10.3 Å². The van der Waals surface area contributed by atoms with E-state index in [1.54, 1.807) is 6.20 Å². The number of ether oxygens (including phenoxy) is 1. The summed E-state index contributed by atoms with van der Waals surface area (Å²) in [6.45, 7) is 1.35. The minimum atomic E-state index is -2.81. The molecule has 128 valence electrons. The van der Waals surface area contributed by atoms with E-state index >= 15 is 0 Å². The SMILES string of the molecule is O=C(NCCC1CCS(=O)(=O)CC1)c1cnc(C2CCCO2)s1. The van der Waals surface area contributed by atoms with Gasteiger partial charge in [-0.1, -0.05) is 0 Å². The van der Waals surface area contributed by atoms with Crippen LogP contribution in [0.1, 0.15) is 52.9 Å². The van der Waals surface area contributed by atoms with Crippen LogP contribution in [0.2, 0.25) is 0 Å². The Labute approximate surface area is 140 Å². The van der Waals surface area contributed by atoms with Crippen molar-refractivity contribution < 1.29 is 17.9 Å². The molecule has 0 spiro atoms. The van der Waals surface area contributed by atoms with Crippen molar-refractivity contribution in [1.29, 1.82) is 0 Å². The van der Waals surface area contributed by atoms with Crippen molar-refractivity contribution in [2.75, 3.05) is 24.7 Å². The lowest BCUT2D eigenvalue weighted by atomic mass is 9.99. The number of amides is 1. The highest BCUT2D eigenvalue weighted by Crippen LogP contribution is 2.31. The van der Waals surface area contributed by atoms with Gasteiger partial charge in [0.05, 0.1) is 17.7 Å². The molecule has 1 aromatic heterocycles. The molecular formula is C15H22N2O4S2. The number of aromatic nitrogens is 1. The van der Waals surface area contributed by atoms with E-state index < -0.39 is 9.84 Å². The second kappa shape index (κ2) is 7.27. The summed E-state index contributed by atoms with van der Waals surface area (Å²) in [5, 5.41) is 3.79. The van der Waals surface area contributed by atoms with E-state index in [1.807, 2.05) is 0 Å². The second-order valence-electron chi connectivity index (χ2n) is 6.20. The van der Waals surface area contributed by atoms with Gasteiger partial charge in [-0.3, -0.25) is 4.79 Å². The van der Waals surface area contributed by atoms with Gasteiger partial charge in [0.2, 0.25) is 0 Å². The third-order valence-electron chi connectivity index (χ3n) is 4.46. The minimum Gasteiger partial charge on any atom is -0.371 e. The molecule has 0 aromatic carbocycles. The molecule has 2 aliphatic heterocycles. The van der Waals surface area contributed by atoms with Crippen LogP contribution in [-0.2, 0) is 14.6 Å². The summed E-state index contributed by atoms with van der Waals surface area (Å²) >= 11 is 1.40. The van der Waals surface area contributed by atoms with Crippen molar-refractivity contribution in [3.63, 3.8) is 0 Å². The van der Waals surface area contributed by atoms with Crippen LogP contribution in [0.25, 0.3) is 0 Å². The molecule has 3 heterocycles. The Hall–Kier alpha value is -0.990. The van der Waals surface area contributed by atoms with Crippen LogP contribution in [0.5, 0.6) is 0 Å². The minimum absolute atomic E-state index is 0.0470. The zero-order chi connectivity index (χ0) is 16.3. The monoisotopic (exact) mass is 358 g/mol. The molecule has 3 rings (SSSR count). The molecule has 23 heavy (non-hydrogen) atoms. The van der Waals surface area contributed by atoms with Gasteiger partial charge in [-0.25, -0.2) is 13.4 Å². The molecule has 1 aromatic rings. The van der Waals surface area contributed by atoms with Crippen molar-refractivity contribution in [3.8, 4) is 0 Å². The third-order valence-corrected chi connectivity index (χ3v) is 7.27. The maximum atomic E-state index is 12.1. The van der Waals surface area contributed by atoms with Crippen LogP contribution >= 0.6 is 11.3 Å². The summed E-state index contributed by atoms with van der Waals surface area (Å²) in [7, 11) is -2.81. The van der Waals surface area contributed by atoms with Crippen molar-refractivity contribution in [2.24, 2.45) is 5.92 Å². The van der Waals surface area contributed by atoms with E-state index in [0.29, 0.717) is 30.2 Å². The van der Waals surface area contributed by atoms with Gasteiger partial charge >= 0.3 is 0 Å². The fourth-order valence-corrected chi connectivity index (χ4v) is 5.53. The molecule has 0 aliphatic carbocycles. The van der Waals surface area contributed by atoms with E-state index in [4.69, 9.17) is 4.74 Å². The van der Waals surface area contributed by atoms with Gasteiger partial charge in [0, 0.05) is 13.2 Å². The first-order valence-corrected chi connectivity index (χ1v) is 10.7. The van der Waals surface area contributed by atoms with Crippen molar-refractivity contribution >= 4 is 27.1 Å². The lowest BCUT2D eigenvalue weighted by molar-refractivity contribution is 0.0955. The Morgan fingerprint density at radius 3 is 2.83 bits per heavy atom. The van der Waals surface area contributed by atoms with E-state index in [0.717, 1.165) is 30.9 Å². The summed E-state index contributed by atoms with van der Waals surface area (Å²) in [6, 6.07) is 0. The zero-order valence-electron chi connectivity index (χ0n) is 13.0. The van der Waals surface area contributed by atoms with Gasteiger partial charge in [-0.05, 0) is 38.0 Å². The second-order valence-corrected chi connectivity index (χ2v) is 9.57. The van der Waals surface area contributed by atoms with Gasteiger partial charge in [0.25, 0.3) is 5.91 Å². The Kier molecular flexibility index (Phi) is 5.33. The van der Waals surface area contributed by atoms with Crippen molar-refractivity contribution in [3.05, 3.63) is 16.1 Å². The predicted octanol–water partition coefficient (Wildman–Crippen LogP) is 1.94. The van der Waals surface area contributed by atoms with Gasteiger partial charge in [-0.15, -0.1) is 11.3 Å². The standard InChI is InChI=1S/C15H22N2O4S2/c18-14(13-10-17-15(22-13)12-2-1-7-21-12)16-6-3-11-4-8-23(19,20)9-5-11/h10-12H,1-9H2,(H,16,18). The van der Waals surface area contributed by atoms with Crippen LogP contribution in [0.4, 0.5) is 0 Å². The summed E-state index contributed by atoms with van der Waals surface area (Å²) in [4.78, 5) is 17.1. The molecule has 6 nitrogen and oxygen atoms in total. The Morgan fingerprint density at radius 1 is 1.35 bits per heavy atom. The van der Waals surface area contributed by atoms with E-state index in [9.17, 15) is 13.2 Å². The number of sulfone groups is 1. The maximum absolute atomic E-state index is 12.1. The number of carbonyl (C=O) groups is 1. The lowest BCUT2D eigenvalue weighted by Crippen LogP contribution is -2.28. The molecule has 1 amide bonds. The number of thiazole rings is 1. The van der Waals surface area contributed by atoms with E-state index in [1.165, 1.54) is 11.3 Å². The topological polar surface area (TPSA) is 85.4 Å². The number of nitrogens with one attached hydrogen (secondary N) is 1. The summed E-state index contributed by atoms with van der Waals surface area (Å²) in [5.74, 6) is 0.856. The maximum Gasteiger partial charge on any atom is 0.263 e. The number of nitrogens with zero attached hydrogens (tertiary/aromatic N) is 1. The number of hydrogen-bond acceptors (Lipinski definition) is 6. The first-order valence-electron chi connectivity index (χ1n) is 8.09. The molecule has 8 heteroatoms. The average molecular weight is 358 g/mol. The first kappa shape index (κ1) is 16.9. The molecule has 1 atom stereocenters. The molecule has 1 N–H and O–H groups in total. The Morgan fingerprint density at radius 2 is 2.13 bits per heavy atom. The quantitative estimate of drug-likeness (QED) is 0.869. The smallest absolute Gasteiger partial charge is 0.263 e. The van der Waals surface area contributed by atoms with Crippen molar-refractivity contribution in [2.45, 2.75) is 38.2 Å². The molecule has 0 bridgehead atoms. The number of hydrogen-bond donors (Lipinski definition) is 1. The van der Waals surface area contributed by atoms with Crippen LogP contribution in [-0.4, -0.2) is 44.0 Å². The van der Waals surface area contributed by atoms with Crippen LogP contribution in [0.15, 0.2) is 6.20 Å². The Balaban J connectivity index is 1.43. The van der Waals surface area contributed by atoms with Crippen LogP contribution < -0.4 is 5.32 Å². The summed E-state index contributed by atoms with van der Waals surface area (Å²) in [6.07, 6.45) is 5.93. The first-order chi connectivity index (χ1) is 11.0. The van der Waals surface area contributed by atoms with Gasteiger partial charge in [-0.2, -0.15) is 0 Å². The fraction of sp³-hybridized carbons (Fsp3) is 0.733. The molecular weight excluding hydrogens is 336 g/mol. The number of carbonyl (C=O) groups excluding carboxylic acids is 1. The van der Waals surface area contributed by atoms with E-state index in [2.05, 4.69) is 10.3 Å². The lowest BCUT2D eigenvalue weighted by Gasteiger charge is -2.21. The fourth-order valence-electron chi connectivity index (χ4n) is 3.02. The molecule has 2 aliphatic rings. The normalized spacial score (nSPS) is 24.6. The third kappa shape index (κ3) is 4.51. The highest BCUT2D eigenvalue weighted by Gasteiger charge is 2.24. The zero-order valence-corrected chi connectivity index (χ0v) is 14.6. The molecule has 1 unspecified atom stereocenters. The largest absolute Gasteiger partial charge is 0.371 e. The predicted molar refractivity (Wildman–Crippen MR) is 88.4 cm³/mol. The van der Waals surface area contributed by atoms with Gasteiger partial charge in [0.15, 0.2) is 0 Å². The van der Waals surface area contributed by atoms with Crippen LogP contribution in [0, 0.1) is 5.92 Å². The highest BCUT2D eigenvalue weighted by molar-refractivity contribution is 7.91. The summed E-state index contributed by atoms with van der Waals surface area (Å²) < 4.78 is 28.4. The van der Waals surface area contributed by atoms with Crippen LogP contribution in [0.3, 0.4) is 0 Å². The summed E-state index contributed by atoms with van der Waals surface area (Å²) in [5.41, 5.74) is 0. The van der Waals surface area contributed by atoms with Gasteiger partial charge < -0.3 is 10.1 Å². The molecule has 0 radical (unpaired) electrons. The molecule has 0 saturated carbocycles. The highest BCUT2D eigenvalue weighted by atomic mass is 32.2. The van der Waals surface area contributed by atoms with Gasteiger partial charge in [0.1, 0.15) is 25.8 Å².